The summed E-state index contributed by atoms with van der Waals surface area (Å²) in [6, 6.07) is 159. The fraction of sp³-hybridized carbons (Fsp3) is 0.0231. The second kappa shape index (κ2) is 37.9. The minimum atomic E-state index is 0. The van der Waals surface area contributed by atoms with E-state index in [9.17, 15) is 0 Å². The maximum Gasteiger partial charge on any atom is 0.187 e. The quantitative estimate of drug-likeness (QED) is 0.104. The Bertz CT molecular complexity index is 9630. The Morgan fingerprint density at radius 1 is 0.207 bits per heavy atom. The van der Waals surface area contributed by atoms with Crippen LogP contribution in [0.5, 0.6) is 0 Å². The van der Waals surface area contributed by atoms with Gasteiger partial charge < -0.3 is 18.1 Å². The molecule has 15 heteroatoms. The van der Waals surface area contributed by atoms with Crippen molar-refractivity contribution in [1.29, 1.82) is 0 Å². The summed E-state index contributed by atoms with van der Waals surface area (Å²) in [5, 5.41) is 14.6. The zero-order valence-electron chi connectivity index (χ0n) is 76.0. The Balaban J connectivity index is 0.000000119. The van der Waals surface area contributed by atoms with Crippen molar-refractivity contribution in [1.82, 2.24) is 48.6 Å². The molecule has 0 aliphatic heterocycles. The van der Waals surface area contributed by atoms with Crippen molar-refractivity contribution >= 4 is 162 Å². The zero-order chi connectivity index (χ0) is 94.2. The minimum Gasteiger partial charge on any atom is -0.454 e. The SMILES string of the molecule is C.C.C.[C-]#[N+]c1cccc(-c2cc(-c3ccccc3)nc(-c3cccc(-n4c5ccccc5c5ccc6c7ccccc7oc6c54)c3)n2)c1.[C-]#[N+]c1cccc(-c2cc(-c3ccccc3)nc(-c3cccc(-n4c5ccccc5c5ccc6c7ccccc7sc6c54)c3)n2)c1.c1ccc(-c2cccc(-c3nc(-c4ccccc4)nc(-c4cccc(-n5c6ccccc6c6ccc7c8ccccc8sc7c65)c4)n3)c2)cc1. The molecule has 0 saturated heterocycles. The molecule has 9 aromatic heterocycles. The molecule has 0 amide bonds. The predicted octanol–water partition coefficient (Wildman–Crippen LogP) is 36.4. The molecule has 0 atom stereocenters. The first-order chi connectivity index (χ1) is 70.3. The lowest BCUT2D eigenvalue weighted by atomic mass is 10.0. The largest absolute Gasteiger partial charge is 0.454 e. The summed E-state index contributed by atoms with van der Waals surface area (Å²) in [7, 11) is 0. The van der Waals surface area contributed by atoms with Crippen LogP contribution in [0, 0.1) is 13.1 Å². The van der Waals surface area contributed by atoms with Crippen molar-refractivity contribution in [2.45, 2.75) is 22.3 Å². The van der Waals surface area contributed by atoms with Crippen LogP contribution in [-0.4, -0.2) is 48.6 Å². The standard InChI is InChI=1S/C45H28N4S.C41H24N4O.C41H24N4S.3CH4/c1-3-13-29(14-4-1)31-17-11-18-32(27-31)44-46-43(30-15-5-2-6-16-30)47-45(48-44)33-19-12-20-34(28-33)49-39-23-9-7-21-35(39)37-25-26-38-36-22-8-10-24-40(36)50-42(38)41(37)49;2*1-42-29-15-9-13-27(23-29)36-25-35(26-11-3-2-4-12-26)43-41(44-36)28-14-10-16-30(24-28)45-37-19-7-5-17-31(37)33-21-22-34-32-18-6-8-20-38(32)46-40(34)39(33)45;;;/h1-28H;2*2-25H;3*1H4. The fourth-order valence-electron chi connectivity index (χ4n) is 20.1. The van der Waals surface area contributed by atoms with Gasteiger partial charge in [0.15, 0.2) is 46.1 Å². The molecule has 0 fully saturated rings. The number of para-hydroxylation sites is 4. The maximum absolute atomic E-state index is 7.54. The number of hydrogen-bond acceptors (Lipinski definition) is 10. The van der Waals surface area contributed by atoms with Gasteiger partial charge in [-0.05, 0) is 131 Å². The van der Waals surface area contributed by atoms with Gasteiger partial charge in [0.05, 0.1) is 78.4 Å². The molecule has 28 aromatic rings. The second-order valence-electron chi connectivity index (χ2n) is 35.1. The normalized spacial score (nSPS) is 11.3. The van der Waals surface area contributed by atoms with Crippen LogP contribution in [0.4, 0.5) is 11.4 Å². The fourth-order valence-corrected chi connectivity index (χ4v) is 22.6. The number of aromatic nitrogens is 10. The number of furan rings is 1. The molecule has 13 nitrogen and oxygen atoms in total. The number of nitrogens with zero attached hydrogens (tertiary/aromatic N) is 12. The smallest absolute Gasteiger partial charge is 0.187 e. The lowest BCUT2D eigenvalue weighted by Gasteiger charge is -2.12. The summed E-state index contributed by atoms with van der Waals surface area (Å²) < 4.78 is 18.8. The summed E-state index contributed by atoms with van der Waals surface area (Å²) in [6.07, 6.45) is 0. The Morgan fingerprint density at radius 2 is 0.510 bits per heavy atom. The Hall–Kier alpha value is -19.0. The minimum absolute atomic E-state index is 0. The molecule has 28 rings (SSSR count). The van der Waals surface area contributed by atoms with E-state index < -0.39 is 0 Å². The van der Waals surface area contributed by atoms with E-state index in [0.717, 1.165) is 150 Å². The van der Waals surface area contributed by atoms with E-state index in [-0.39, 0.29) is 22.3 Å². The molecule has 0 spiro atoms. The highest BCUT2D eigenvalue weighted by Gasteiger charge is 2.26. The molecule has 686 valence electrons. The van der Waals surface area contributed by atoms with Crippen LogP contribution >= 0.6 is 22.7 Å². The van der Waals surface area contributed by atoms with Crippen molar-refractivity contribution in [2.24, 2.45) is 0 Å². The van der Waals surface area contributed by atoms with Crippen molar-refractivity contribution in [2.75, 3.05) is 0 Å². The molecular weight excluding hydrogens is 1810 g/mol. The van der Waals surface area contributed by atoms with Crippen LogP contribution in [0.3, 0.4) is 0 Å². The van der Waals surface area contributed by atoms with E-state index in [1.807, 2.05) is 168 Å². The second-order valence-corrected chi connectivity index (χ2v) is 37.2. The van der Waals surface area contributed by atoms with Gasteiger partial charge in [-0.3, -0.25) is 0 Å². The molecule has 0 aliphatic rings. The summed E-state index contributed by atoms with van der Waals surface area (Å²) in [5.41, 5.74) is 26.8. The van der Waals surface area contributed by atoms with Crippen LogP contribution in [0.15, 0.2) is 465 Å². The number of rotatable bonds is 13. The van der Waals surface area contributed by atoms with Crippen molar-refractivity contribution in [3.05, 3.63) is 484 Å². The highest BCUT2D eigenvalue weighted by atomic mass is 32.1. The third-order valence-corrected chi connectivity index (χ3v) is 29.0. The first kappa shape index (κ1) is 89.9. The van der Waals surface area contributed by atoms with Crippen LogP contribution < -0.4 is 0 Å². The Morgan fingerprint density at radius 3 is 0.952 bits per heavy atom. The van der Waals surface area contributed by atoms with E-state index in [2.05, 4.69) is 339 Å². The lowest BCUT2D eigenvalue weighted by Crippen LogP contribution is -2.01. The van der Waals surface area contributed by atoms with Crippen LogP contribution in [-0.2, 0) is 0 Å². The first-order valence-corrected chi connectivity index (χ1v) is 48.6. The van der Waals surface area contributed by atoms with E-state index >= 15 is 0 Å². The van der Waals surface area contributed by atoms with Gasteiger partial charge in [0.2, 0.25) is 0 Å². The topological polar surface area (TPSA) is 127 Å². The van der Waals surface area contributed by atoms with E-state index in [1.165, 1.54) is 78.4 Å². The Kier molecular flexibility index (Phi) is 23.5. The van der Waals surface area contributed by atoms with Gasteiger partial charge in [-0.2, -0.15) is 0 Å². The van der Waals surface area contributed by atoms with Gasteiger partial charge in [-0.1, -0.05) is 374 Å². The third-order valence-electron chi connectivity index (χ3n) is 26.7. The monoisotopic (exact) mass is 1900 g/mol. The zero-order valence-corrected chi connectivity index (χ0v) is 77.6. The van der Waals surface area contributed by atoms with Crippen molar-refractivity contribution in [3.8, 4) is 130 Å². The van der Waals surface area contributed by atoms with Crippen molar-refractivity contribution < 1.29 is 4.42 Å². The molecule has 0 N–H and O–H groups in total. The molecular formula is C130H88N12OS2. The number of hydrogen-bond donors (Lipinski definition) is 0. The van der Waals surface area contributed by atoms with Gasteiger partial charge in [0.1, 0.15) is 5.58 Å². The highest BCUT2D eigenvalue weighted by molar-refractivity contribution is 7.27. The van der Waals surface area contributed by atoms with Crippen LogP contribution in [0.2, 0.25) is 0 Å². The maximum atomic E-state index is 7.54. The molecule has 145 heavy (non-hydrogen) atoms. The summed E-state index contributed by atoms with van der Waals surface area (Å²) in [5.74, 6) is 3.17. The molecule has 0 unspecified atom stereocenters. The van der Waals surface area contributed by atoms with Gasteiger partial charge >= 0.3 is 0 Å². The van der Waals surface area contributed by atoms with Crippen LogP contribution in [0.25, 0.3) is 268 Å². The van der Waals surface area contributed by atoms with E-state index in [1.54, 1.807) is 0 Å². The summed E-state index contributed by atoms with van der Waals surface area (Å²) in [6.45, 7) is 15.1. The van der Waals surface area contributed by atoms with Gasteiger partial charge in [0.25, 0.3) is 0 Å². The van der Waals surface area contributed by atoms with Crippen LogP contribution in [0.1, 0.15) is 22.3 Å². The molecule has 0 saturated carbocycles. The highest BCUT2D eigenvalue weighted by Crippen LogP contribution is 2.48. The first-order valence-electron chi connectivity index (χ1n) is 46.9. The average molecular weight is 1900 g/mol. The van der Waals surface area contributed by atoms with E-state index in [0.29, 0.717) is 40.5 Å². The predicted molar refractivity (Wildman–Crippen MR) is 607 cm³/mol. The van der Waals surface area contributed by atoms with Crippen molar-refractivity contribution in [3.63, 3.8) is 0 Å². The van der Waals surface area contributed by atoms with Gasteiger partial charge in [-0.25, -0.2) is 44.6 Å². The summed E-state index contributed by atoms with van der Waals surface area (Å²) in [4.78, 5) is 42.8. The van der Waals surface area contributed by atoms with E-state index in [4.69, 9.17) is 52.4 Å². The Labute approximate surface area is 844 Å². The molecule has 19 aromatic carbocycles. The number of thiophene rings is 2. The third kappa shape index (κ3) is 16.2. The van der Waals surface area contributed by atoms with Gasteiger partial charge in [-0.15, -0.1) is 22.7 Å². The lowest BCUT2D eigenvalue weighted by molar-refractivity contribution is 0.671. The number of benzene rings is 19. The molecule has 0 bridgehead atoms. The van der Waals surface area contributed by atoms with Gasteiger partial charge in [0, 0.05) is 130 Å². The summed E-state index contributed by atoms with van der Waals surface area (Å²) >= 11 is 3.71. The average Bonchev–Trinajstić information content (AvgIpc) is 1.57. The molecule has 9 heterocycles. The number of fused-ring (bicyclic) bond motifs is 21. The molecule has 0 aliphatic carbocycles. The molecule has 0 radical (unpaired) electrons.